The van der Waals surface area contributed by atoms with Crippen molar-refractivity contribution < 1.29 is 23.9 Å². The molecule has 0 saturated carbocycles. The summed E-state index contributed by atoms with van der Waals surface area (Å²) >= 11 is 0. The van der Waals surface area contributed by atoms with Gasteiger partial charge in [-0.1, -0.05) is 24.3 Å². The number of carbonyl (C=O) groups excluding carboxylic acids is 3. The van der Waals surface area contributed by atoms with Crippen molar-refractivity contribution in [1.82, 2.24) is 4.90 Å². The molecule has 0 unspecified atom stereocenters. The van der Waals surface area contributed by atoms with Crippen LogP contribution in [0.5, 0.6) is 11.5 Å². The first-order valence-corrected chi connectivity index (χ1v) is 9.89. The molecule has 4 heterocycles. The maximum atomic E-state index is 13.6. The molecular weight excluding hydrogens is 384 g/mol. The van der Waals surface area contributed by atoms with Gasteiger partial charge < -0.3 is 14.4 Å². The van der Waals surface area contributed by atoms with E-state index in [-0.39, 0.29) is 30.4 Å². The number of hydrogen-bond acceptors (Lipinski definition) is 6. The number of benzene rings is 2. The molecule has 0 aliphatic carbocycles. The maximum Gasteiger partial charge on any atom is 0.240 e. The molecule has 4 atom stereocenters. The van der Waals surface area contributed by atoms with Crippen molar-refractivity contribution in [3.05, 3.63) is 59.8 Å². The highest BCUT2D eigenvalue weighted by Gasteiger charge is 2.64. The van der Waals surface area contributed by atoms with Crippen molar-refractivity contribution >= 4 is 29.4 Å². The summed E-state index contributed by atoms with van der Waals surface area (Å²) in [7, 11) is 0. The van der Waals surface area contributed by atoms with E-state index in [4.69, 9.17) is 9.47 Å². The molecule has 2 saturated heterocycles. The second kappa shape index (κ2) is 5.95. The van der Waals surface area contributed by atoms with E-state index >= 15 is 0 Å². The highest BCUT2D eigenvalue weighted by Crippen LogP contribution is 2.53. The Bertz CT molecular complexity index is 1160. The fraction of sp³-hybridized carbons (Fsp3) is 0.261. The summed E-state index contributed by atoms with van der Waals surface area (Å²) in [4.78, 5) is 42.8. The third-order valence-corrected chi connectivity index (χ3v) is 6.49. The zero-order chi connectivity index (χ0) is 20.6. The van der Waals surface area contributed by atoms with Crippen LogP contribution in [0.3, 0.4) is 0 Å². The number of anilines is 1. The molecule has 7 nitrogen and oxygen atoms in total. The Balaban J connectivity index is 1.47. The fourth-order valence-corrected chi connectivity index (χ4v) is 5.30. The minimum atomic E-state index is -0.721. The van der Waals surface area contributed by atoms with Gasteiger partial charge in [0.2, 0.25) is 18.6 Å². The summed E-state index contributed by atoms with van der Waals surface area (Å²) in [5.74, 6) is -1.01. The fourth-order valence-electron chi connectivity index (χ4n) is 5.30. The van der Waals surface area contributed by atoms with Crippen LogP contribution in [0.25, 0.3) is 6.08 Å². The minimum Gasteiger partial charge on any atom is -0.454 e. The van der Waals surface area contributed by atoms with E-state index in [1.165, 1.54) is 11.8 Å². The van der Waals surface area contributed by atoms with Crippen molar-refractivity contribution in [2.24, 2.45) is 11.8 Å². The van der Waals surface area contributed by atoms with Gasteiger partial charge >= 0.3 is 0 Å². The highest BCUT2D eigenvalue weighted by molar-refractivity contribution is 6.24. The zero-order valence-corrected chi connectivity index (χ0v) is 16.1. The highest BCUT2D eigenvalue weighted by atomic mass is 16.7. The number of Topliss-reactive ketones (excluding diaryl/α,β-unsaturated/α-hetero) is 1. The van der Waals surface area contributed by atoms with Crippen LogP contribution in [0, 0.1) is 11.8 Å². The van der Waals surface area contributed by atoms with Crippen LogP contribution in [-0.2, 0) is 14.4 Å². The molecule has 2 fully saturated rings. The number of hydrogen-bond donors (Lipinski definition) is 0. The van der Waals surface area contributed by atoms with Crippen molar-refractivity contribution in [1.29, 1.82) is 0 Å². The van der Waals surface area contributed by atoms with Crippen LogP contribution in [0.2, 0.25) is 0 Å². The van der Waals surface area contributed by atoms with Crippen molar-refractivity contribution in [2.75, 3.05) is 11.7 Å². The average molecular weight is 402 g/mol. The molecular formula is C23H18N2O5. The van der Waals surface area contributed by atoms with Gasteiger partial charge in [-0.3, -0.25) is 14.4 Å². The van der Waals surface area contributed by atoms with Crippen LogP contribution >= 0.6 is 0 Å². The lowest BCUT2D eigenvalue weighted by molar-refractivity contribution is -0.129. The molecule has 7 heteroatoms. The van der Waals surface area contributed by atoms with Gasteiger partial charge in [0.25, 0.3) is 0 Å². The van der Waals surface area contributed by atoms with Crippen LogP contribution in [0.4, 0.5) is 5.69 Å². The van der Waals surface area contributed by atoms with E-state index in [1.807, 2.05) is 41.4 Å². The molecule has 0 aromatic heterocycles. The second-order valence-electron chi connectivity index (χ2n) is 7.99. The van der Waals surface area contributed by atoms with Gasteiger partial charge in [-0.25, -0.2) is 4.90 Å². The monoisotopic (exact) mass is 402 g/mol. The average Bonchev–Trinajstić information content (AvgIpc) is 3.41. The Labute approximate surface area is 172 Å². The molecule has 150 valence electrons. The van der Waals surface area contributed by atoms with Crippen LogP contribution in [-0.4, -0.2) is 35.3 Å². The zero-order valence-electron chi connectivity index (χ0n) is 16.1. The Morgan fingerprint density at radius 3 is 2.60 bits per heavy atom. The van der Waals surface area contributed by atoms with E-state index in [0.29, 0.717) is 17.2 Å². The lowest BCUT2D eigenvalue weighted by Gasteiger charge is -2.34. The number of carbonyl (C=O) groups is 3. The largest absolute Gasteiger partial charge is 0.454 e. The third kappa shape index (κ3) is 2.12. The summed E-state index contributed by atoms with van der Waals surface area (Å²) in [5.41, 5.74) is 2.41. The molecule has 4 aliphatic rings. The van der Waals surface area contributed by atoms with Gasteiger partial charge in [0.1, 0.15) is 0 Å². The normalized spacial score (nSPS) is 27.9. The van der Waals surface area contributed by atoms with Crippen LogP contribution in [0.15, 0.2) is 48.7 Å². The smallest absolute Gasteiger partial charge is 0.240 e. The number of amides is 2. The van der Waals surface area contributed by atoms with Gasteiger partial charge in [-0.05, 0) is 36.3 Å². The standard InChI is InChI=1S/C23H18N2O5/c1-12(26)20-18-19(21-15-5-3-2-4-13(15)8-9-24(20)21)23(28)25(22(18)27)14-6-7-16-17(10-14)30-11-29-16/h2-10,18-21H,11H2,1H3/t18-,19+,20-,21-/m1/s1. The molecule has 30 heavy (non-hydrogen) atoms. The summed E-state index contributed by atoms with van der Waals surface area (Å²) < 4.78 is 10.7. The Kier molecular flexibility index (Phi) is 3.42. The van der Waals surface area contributed by atoms with E-state index < -0.39 is 17.9 Å². The van der Waals surface area contributed by atoms with Crippen molar-refractivity contribution in [2.45, 2.75) is 19.0 Å². The van der Waals surface area contributed by atoms with E-state index in [1.54, 1.807) is 18.2 Å². The van der Waals surface area contributed by atoms with Gasteiger partial charge in [0.15, 0.2) is 17.3 Å². The van der Waals surface area contributed by atoms with E-state index in [0.717, 1.165) is 11.1 Å². The first kappa shape index (κ1) is 17.3. The lowest BCUT2D eigenvalue weighted by atomic mass is 9.84. The predicted octanol–water partition coefficient (Wildman–Crippen LogP) is 2.52. The molecule has 2 amide bonds. The molecule has 0 N–H and O–H groups in total. The molecule has 0 radical (unpaired) electrons. The van der Waals surface area contributed by atoms with Crippen LogP contribution in [0.1, 0.15) is 24.1 Å². The summed E-state index contributed by atoms with van der Waals surface area (Å²) in [6, 6.07) is 11.8. The van der Waals surface area contributed by atoms with E-state index in [2.05, 4.69) is 0 Å². The predicted molar refractivity (Wildman–Crippen MR) is 107 cm³/mol. The van der Waals surface area contributed by atoms with Crippen molar-refractivity contribution in [3.8, 4) is 11.5 Å². The second-order valence-corrected chi connectivity index (χ2v) is 7.99. The number of nitrogens with zero attached hydrogens (tertiary/aromatic N) is 2. The molecule has 2 aromatic carbocycles. The summed E-state index contributed by atoms with van der Waals surface area (Å²) in [6.07, 6.45) is 3.79. The SMILES string of the molecule is CC(=O)[C@@H]1[C@@H]2C(=O)N(c3ccc4c(c3)OCO4)C(=O)[C@@H]2[C@H]2c3ccccc3C=CN12. The topological polar surface area (TPSA) is 76.1 Å². The Morgan fingerprint density at radius 2 is 1.77 bits per heavy atom. The number of rotatable bonds is 2. The quantitative estimate of drug-likeness (QED) is 0.719. The van der Waals surface area contributed by atoms with Gasteiger partial charge in [0, 0.05) is 12.3 Å². The Morgan fingerprint density at radius 1 is 1.00 bits per heavy atom. The Hall–Kier alpha value is -3.61. The number of fused-ring (bicyclic) bond motifs is 6. The molecule has 2 aromatic rings. The number of ketones is 1. The molecule has 6 rings (SSSR count). The minimum absolute atomic E-state index is 0.110. The van der Waals surface area contributed by atoms with Crippen LogP contribution < -0.4 is 14.4 Å². The molecule has 0 bridgehead atoms. The van der Waals surface area contributed by atoms with Gasteiger partial charge in [-0.2, -0.15) is 0 Å². The molecule has 0 spiro atoms. The van der Waals surface area contributed by atoms with E-state index in [9.17, 15) is 14.4 Å². The first-order valence-electron chi connectivity index (χ1n) is 9.89. The lowest BCUT2D eigenvalue weighted by Crippen LogP contribution is -2.43. The van der Waals surface area contributed by atoms with Gasteiger partial charge in [0.05, 0.1) is 29.6 Å². The summed E-state index contributed by atoms with van der Waals surface area (Å²) in [6.45, 7) is 1.60. The molecule has 4 aliphatic heterocycles. The number of ether oxygens (including phenoxy) is 2. The third-order valence-electron chi connectivity index (χ3n) is 6.49. The van der Waals surface area contributed by atoms with Crippen molar-refractivity contribution in [3.63, 3.8) is 0 Å². The van der Waals surface area contributed by atoms with Gasteiger partial charge in [-0.15, -0.1) is 0 Å². The summed E-state index contributed by atoms with van der Waals surface area (Å²) in [5, 5.41) is 0. The first-order chi connectivity index (χ1) is 14.6. The number of imide groups is 1. The maximum absolute atomic E-state index is 13.6.